The highest BCUT2D eigenvalue weighted by Gasteiger charge is 2.18. The summed E-state index contributed by atoms with van der Waals surface area (Å²) in [5, 5.41) is 0. The molecule has 1 saturated heterocycles. The highest BCUT2D eigenvalue weighted by atomic mass is 32.2. The Morgan fingerprint density at radius 1 is 1.23 bits per heavy atom. The van der Waals surface area contributed by atoms with Crippen LogP contribution in [0.1, 0.15) is 4.88 Å². The largest absolute Gasteiger partial charge is 0.378 e. The molecule has 7 nitrogen and oxygen atoms in total. The number of hydrogen-bond donors (Lipinski definition) is 1. The fourth-order valence-corrected chi connectivity index (χ4v) is 4.37. The van der Waals surface area contributed by atoms with Crippen molar-refractivity contribution in [3.8, 4) is 0 Å². The maximum absolute atomic E-state index is 12.2. The number of sulfonamides is 1. The first kappa shape index (κ1) is 15.2. The summed E-state index contributed by atoms with van der Waals surface area (Å²) < 4.78 is 32.5. The van der Waals surface area contributed by atoms with Gasteiger partial charge in [0, 0.05) is 18.0 Å². The van der Waals surface area contributed by atoms with Crippen LogP contribution in [0, 0.1) is 6.92 Å². The second-order valence-electron chi connectivity index (χ2n) is 4.84. The normalized spacial score (nSPS) is 15.8. The monoisotopic (exact) mass is 340 g/mol. The first-order valence-corrected chi connectivity index (χ1v) is 9.08. The summed E-state index contributed by atoms with van der Waals surface area (Å²) in [4.78, 5) is 11.4. The molecule has 1 N–H and O–H groups in total. The van der Waals surface area contributed by atoms with Crippen molar-refractivity contribution in [1.29, 1.82) is 0 Å². The van der Waals surface area contributed by atoms with Gasteiger partial charge in [-0.15, -0.1) is 11.3 Å². The summed E-state index contributed by atoms with van der Waals surface area (Å²) in [5.41, 5.74) is 0.350. The molecule has 3 heterocycles. The first-order valence-electron chi connectivity index (χ1n) is 6.78. The Hall–Kier alpha value is -1.71. The van der Waals surface area contributed by atoms with E-state index in [1.165, 1.54) is 23.7 Å². The van der Waals surface area contributed by atoms with Crippen molar-refractivity contribution >= 4 is 33.0 Å². The van der Waals surface area contributed by atoms with Crippen LogP contribution < -0.4 is 9.62 Å². The average molecular weight is 340 g/mol. The van der Waals surface area contributed by atoms with Gasteiger partial charge in [0.25, 0.3) is 10.0 Å². The SMILES string of the molecule is Cc1ccc(S(=O)(=O)Nc2cnc(N3CCOCC3)nc2)s1. The lowest BCUT2D eigenvalue weighted by atomic mass is 10.4. The minimum atomic E-state index is -3.58. The number of aryl methyl sites for hydroxylation is 1. The van der Waals surface area contributed by atoms with E-state index >= 15 is 0 Å². The molecule has 2 aromatic rings. The van der Waals surface area contributed by atoms with E-state index in [-0.39, 0.29) is 4.21 Å². The van der Waals surface area contributed by atoms with Crippen LogP contribution in [0.25, 0.3) is 0 Å². The van der Waals surface area contributed by atoms with E-state index in [1.807, 2.05) is 11.8 Å². The lowest BCUT2D eigenvalue weighted by Gasteiger charge is -2.26. The van der Waals surface area contributed by atoms with Gasteiger partial charge in [0.15, 0.2) is 0 Å². The maximum Gasteiger partial charge on any atom is 0.271 e. The molecule has 2 aromatic heterocycles. The van der Waals surface area contributed by atoms with Crippen LogP contribution in [-0.2, 0) is 14.8 Å². The maximum atomic E-state index is 12.2. The molecule has 9 heteroatoms. The Morgan fingerprint density at radius 2 is 1.91 bits per heavy atom. The summed E-state index contributed by atoms with van der Waals surface area (Å²) in [6.45, 7) is 4.63. The molecule has 0 amide bonds. The molecule has 22 heavy (non-hydrogen) atoms. The zero-order chi connectivity index (χ0) is 15.6. The third-order valence-corrected chi connectivity index (χ3v) is 6.04. The molecule has 0 saturated carbocycles. The van der Waals surface area contributed by atoms with Crippen LogP contribution in [0.2, 0.25) is 0 Å². The van der Waals surface area contributed by atoms with Crippen LogP contribution in [-0.4, -0.2) is 44.7 Å². The Morgan fingerprint density at radius 3 is 2.50 bits per heavy atom. The Bertz CT molecular complexity index is 737. The molecule has 1 aliphatic heterocycles. The molecule has 3 rings (SSSR count). The van der Waals surface area contributed by atoms with Crippen molar-refractivity contribution in [2.24, 2.45) is 0 Å². The van der Waals surface area contributed by atoms with Gasteiger partial charge >= 0.3 is 0 Å². The highest BCUT2D eigenvalue weighted by Crippen LogP contribution is 2.23. The number of ether oxygens (including phenoxy) is 1. The fourth-order valence-electron chi connectivity index (χ4n) is 2.06. The Balaban J connectivity index is 1.73. The number of nitrogens with zero attached hydrogens (tertiary/aromatic N) is 3. The zero-order valence-electron chi connectivity index (χ0n) is 12.0. The van der Waals surface area contributed by atoms with Gasteiger partial charge in [-0.05, 0) is 19.1 Å². The van der Waals surface area contributed by atoms with Crippen molar-refractivity contribution in [3.63, 3.8) is 0 Å². The number of morpholine rings is 1. The second kappa shape index (κ2) is 6.19. The number of aromatic nitrogens is 2. The molecule has 0 aromatic carbocycles. The molecule has 0 radical (unpaired) electrons. The van der Waals surface area contributed by atoms with Crippen LogP contribution in [0.15, 0.2) is 28.7 Å². The topological polar surface area (TPSA) is 84.4 Å². The van der Waals surface area contributed by atoms with Crippen LogP contribution in [0.3, 0.4) is 0 Å². The minimum absolute atomic E-state index is 0.280. The van der Waals surface area contributed by atoms with Gasteiger partial charge in [-0.25, -0.2) is 18.4 Å². The van der Waals surface area contributed by atoms with Crippen molar-refractivity contribution < 1.29 is 13.2 Å². The van der Waals surface area contributed by atoms with E-state index in [4.69, 9.17) is 4.74 Å². The van der Waals surface area contributed by atoms with Gasteiger partial charge in [-0.1, -0.05) is 0 Å². The predicted molar refractivity (Wildman–Crippen MR) is 84.9 cm³/mol. The van der Waals surface area contributed by atoms with Gasteiger partial charge in [-0.2, -0.15) is 0 Å². The Kier molecular flexibility index (Phi) is 4.27. The van der Waals surface area contributed by atoms with Crippen molar-refractivity contribution in [2.75, 3.05) is 35.9 Å². The second-order valence-corrected chi connectivity index (χ2v) is 8.04. The molecule has 0 aliphatic carbocycles. The summed E-state index contributed by atoms with van der Waals surface area (Å²) in [5.74, 6) is 0.582. The number of thiophene rings is 1. The van der Waals surface area contributed by atoms with Gasteiger partial charge in [-0.3, -0.25) is 4.72 Å². The molecule has 1 fully saturated rings. The molecule has 0 bridgehead atoms. The van der Waals surface area contributed by atoms with Crippen molar-refractivity contribution in [2.45, 2.75) is 11.1 Å². The van der Waals surface area contributed by atoms with E-state index in [2.05, 4.69) is 14.7 Å². The Labute approximate surface area is 133 Å². The summed E-state index contributed by atoms with van der Waals surface area (Å²) >= 11 is 1.23. The zero-order valence-corrected chi connectivity index (χ0v) is 13.7. The molecule has 0 spiro atoms. The van der Waals surface area contributed by atoms with Crippen LogP contribution in [0.4, 0.5) is 11.6 Å². The van der Waals surface area contributed by atoms with Crippen molar-refractivity contribution in [3.05, 3.63) is 29.4 Å². The number of hydrogen-bond acceptors (Lipinski definition) is 7. The predicted octanol–water partition coefficient (Wildman–Crippen LogP) is 1.48. The molecule has 0 atom stereocenters. The standard InChI is InChI=1S/C13H16N4O3S2/c1-10-2-3-12(21-10)22(18,19)16-11-8-14-13(15-9-11)17-4-6-20-7-5-17/h2-3,8-9,16H,4-7H2,1H3. The quantitative estimate of drug-likeness (QED) is 0.908. The van der Waals surface area contributed by atoms with Crippen molar-refractivity contribution in [1.82, 2.24) is 9.97 Å². The lowest BCUT2D eigenvalue weighted by molar-refractivity contribution is 0.122. The molecule has 0 unspecified atom stereocenters. The van der Waals surface area contributed by atoms with Crippen LogP contribution in [0.5, 0.6) is 0 Å². The lowest BCUT2D eigenvalue weighted by Crippen LogP contribution is -2.37. The van der Waals surface area contributed by atoms with Gasteiger partial charge < -0.3 is 9.64 Å². The third kappa shape index (κ3) is 3.37. The van der Waals surface area contributed by atoms with E-state index < -0.39 is 10.0 Å². The summed E-state index contributed by atoms with van der Waals surface area (Å²) in [7, 11) is -3.58. The minimum Gasteiger partial charge on any atom is -0.378 e. The smallest absolute Gasteiger partial charge is 0.271 e. The van der Waals surface area contributed by atoms with E-state index in [0.29, 0.717) is 24.8 Å². The number of anilines is 2. The summed E-state index contributed by atoms with van der Waals surface area (Å²) in [6, 6.07) is 3.36. The first-order chi connectivity index (χ1) is 10.5. The highest BCUT2D eigenvalue weighted by molar-refractivity contribution is 7.94. The van der Waals surface area contributed by atoms with Crippen LogP contribution >= 0.6 is 11.3 Å². The van der Waals surface area contributed by atoms with E-state index in [0.717, 1.165) is 18.0 Å². The van der Waals surface area contributed by atoms with Gasteiger partial charge in [0.1, 0.15) is 4.21 Å². The average Bonchev–Trinajstić information content (AvgIpc) is 2.96. The molecule has 118 valence electrons. The number of rotatable bonds is 4. The third-order valence-electron chi connectivity index (χ3n) is 3.16. The molecular weight excluding hydrogens is 324 g/mol. The van der Waals surface area contributed by atoms with E-state index in [9.17, 15) is 8.42 Å². The summed E-state index contributed by atoms with van der Waals surface area (Å²) in [6.07, 6.45) is 2.96. The van der Waals surface area contributed by atoms with E-state index in [1.54, 1.807) is 12.1 Å². The fraction of sp³-hybridized carbons (Fsp3) is 0.385. The van der Waals surface area contributed by atoms with Gasteiger partial charge in [0.05, 0.1) is 31.3 Å². The molecule has 1 aliphatic rings. The number of nitrogens with one attached hydrogen (secondary N) is 1. The van der Waals surface area contributed by atoms with Gasteiger partial charge in [0.2, 0.25) is 5.95 Å². The molecular formula is C13H16N4O3S2.